The molecule has 1 N–H and O–H groups in total. The van der Waals surface area contributed by atoms with Gasteiger partial charge in [0.15, 0.2) is 0 Å². The lowest BCUT2D eigenvalue weighted by atomic mass is 10.0. The Morgan fingerprint density at radius 3 is 2.38 bits per heavy atom. The highest BCUT2D eigenvalue weighted by molar-refractivity contribution is 9.10. The van der Waals surface area contributed by atoms with E-state index in [4.69, 9.17) is 0 Å². The van der Waals surface area contributed by atoms with Crippen LogP contribution in [-0.4, -0.2) is 15.7 Å². The van der Waals surface area contributed by atoms with Gasteiger partial charge in [-0.3, -0.25) is 9.13 Å². The highest BCUT2D eigenvalue weighted by Gasteiger charge is 2.17. The minimum atomic E-state index is 0.0163. The first kappa shape index (κ1) is 16.3. The lowest BCUT2D eigenvalue weighted by Crippen LogP contribution is -2.21. The van der Waals surface area contributed by atoms with Crippen molar-refractivity contribution in [2.45, 2.75) is 39.2 Å². The van der Waals surface area contributed by atoms with Crippen molar-refractivity contribution < 1.29 is 0 Å². The molecule has 1 heterocycles. The van der Waals surface area contributed by atoms with Gasteiger partial charge in [0.2, 0.25) is 0 Å². The molecule has 0 saturated carbocycles. The summed E-state index contributed by atoms with van der Waals surface area (Å²) in [6.45, 7) is 5.28. The van der Waals surface area contributed by atoms with Crippen LogP contribution < -0.4 is 11.0 Å². The molecular formula is C16H24BrN3O. The number of nitrogens with zero attached hydrogens (tertiary/aromatic N) is 2. The Balaban J connectivity index is 2.54. The summed E-state index contributed by atoms with van der Waals surface area (Å²) in [5.41, 5.74) is 3.20. The molecule has 0 amide bonds. The van der Waals surface area contributed by atoms with Crippen molar-refractivity contribution in [3.8, 4) is 0 Å². The second kappa shape index (κ2) is 6.79. The maximum atomic E-state index is 12.1. The van der Waals surface area contributed by atoms with Gasteiger partial charge in [0.05, 0.1) is 11.0 Å². The summed E-state index contributed by atoms with van der Waals surface area (Å²) in [5, 5.41) is 3.56. The van der Waals surface area contributed by atoms with Crippen LogP contribution in [0, 0.1) is 0 Å². The monoisotopic (exact) mass is 353 g/mol. The van der Waals surface area contributed by atoms with Gasteiger partial charge in [-0.25, -0.2) is 4.79 Å². The van der Waals surface area contributed by atoms with Gasteiger partial charge >= 0.3 is 5.69 Å². The van der Waals surface area contributed by atoms with E-state index in [1.807, 2.05) is 14.1 Å². The largest absolute Gasteiger partial charge is 0.328 e. The molecule has 0 fully saturated rings. The Hall–Kier alpha value is -1.07. The summed E-state index contributed by atoms with van der Waals surface area (Å²) in [6.07, 6.45) is 3.48. The van der Waals surface area contributed by atoms with E-state index in [-0.39, 0.29) is 5.69 Å². The number of hydrogen-bond acceptors (Lipinski definition) is 2. The number of imidazole rings is 1. The highest BCUT2D eigenvalue weighted by Crippen LogP contribution is 2.30. The molecule has 5 heteroatoms. The second-order valence-corrected chi connectivity index (χ2v) is 6.37. The third-order valence-corrected chi connectivity index (χ3v) is 4.75. The fourth-order valence-electron chi connectivity index (χ4n) is 2.83. The van der Waals surface area contributed by atoms with E-state index in [0.717, 1.165) is 28.5 Å². The fraction of sp³-hybridized carbons (Fsp3) is 0.562. The number of aromatic nitrogens is 2. The first-order chi connectivity index (χ1) is 10.0. The fourth-order valence-corrected chi connectivity index (χ4v) is 3.43. The third kappa shape index (κ3) is 3.09. The van der Waals surface area contributed by atoms with Crippen molar-refractivity contribution in [3.05, 3.63) is 32.7 Å². The molecule has 0 aliphatic heterocycles. The molecule has 2 rings (SSSR count). The van der Waals surface area contributed by atoms with E-state index in [2.05, 4.69) is 47.2 Å². The quantitative estimate of drug-likeness (QED) is 0.863. The van der Waals surface area contributed by atoms with Crippen LogP contribution in [0.25, 0.3) is 11.0 Å². The van der Waals surface area contributed by atoms with Crippen LogP contribution in [0.4, 0.5) is 0 Å². The zero-order valence-electron chi connectivity index (χ0n) is 13.2. The van der Waals surface area contributed by atoms with Crippen molar-refractivity contribution in [3.63, 3.8) is 0 Å². The molecule has 116 valence electrons. The molecular weight excluding hydrogens is 330 g/mol. The maximum Gasteiger partial charge on any atom is 0.328 e. The zero-order chi connectivity index (χ0) is 15.6. The van der Waals surface area contributed by atoms with Crippen molar-refractivity contribution in [1.82, 2.24) is 14.5 Å². The molecule has 0 bridgehead atoms. The second-order valence-electron chi connectivity index (χ2n) is 5.52. The van der Waals surface area contributed by atoms with E-state index in [1.54, 1.807) is 9.13 Å². The van der Waals surface area contributed by atoms with Gasteiger partial charge in [0.1, 0.15) is 0 Å². The molecule has 0 aliphatic rings. The van der Waals surface area contributed by atoms with Gasteiger partial charge in [0, 0.05) is 24.6 Å². The van der Waals surface area contributed by atoms with Crippen molar-refractivity contribution in [2.24, 2.45) is 14.1 Å². The van der Waals surface area contributed by atoms with Gasteiger partial charge in [-0.15, -0.1) is 0 Å². The average Bonchev–Trinajstić information content (AvgIpc) is 2.67. The number of benzene rings is 1. The molecule has 0 radical (unpaired) electrons. The number of unbranched alkanes of at least 4 members (excludes halogenated alkanes) is 1. The lowest BCUT2D eigenvalue weighted by molar-refractivity contribution is 0.493. The predicted molar refractivity (Wildman–Crippen MR) is 91.8 cm³/mol. The van der Waals surface area contributed by atoms with Crippen molar-refractivity contribution in [2.75, 3.05) is 6.54 Å². The molecule has 0 spiro atoms. The minimum Gasteiger partial charge on any atom is -0.310 e. The van der Waals surface area contributed by atoms with Crippen LogP contribution in [-0.2, 0) is 14.1 Å². The number of hydrogen-bond donors (Lipinski definition) is 1. The third-order valence-electron chi connectivity index (χ3n) is 4.06. The Morgan fingerprint density at radius 1 is 1.19 bits per heavy atom. The molecule has 1 aromatic heterocycles. The molecule has 2 aromatic rings. The van der Waals surface area contributed by atoms with E-state index < -0.39 is 0 Å². The zero-order valence-corrected chi connectivity index (χ0v) is 14.8. The van der Waals surface area contributed by atoms with Gasteiger partial charge in [-0.1, -0.05) is 42.6 Å². The number of aryl methyl sites for hydroxylation is 2. The smallest absolute Gasteiger partial charge is 0.310 e. The Morgan fingerprint density at radius 2 is 1.81 bits per heavy atom. The van der Waals surface area contributed by atoms with Crippen LogP contribution in [0.5, 0.6) is 0 Å². The van der Waals surface area contributed by atoms with Crippen LogP contribution in [0.3, 0.4) is 0 Å². The van der Waals surface area contributed by atoms with E-state index in [1.165, 1.54) is 18.4 Å². The molecule has 1 aromatic carbocycles. The minimum absolute atomic E-state index is 0.0163. The van der Waals surface area contributed by atoms with Crippen LogP contribution >= 0.6 is 15.9 Å². The van der Waals surface area contributed by atoms with Gasteiger partial charge in [0.25, 0.3) is 0 Å². The molecule has 1 atom stereocenters. The number of rotatable bonds is 6. The normalized spacial score (nSPS) is 13.0. The number of halogens is 1. The number of nitrogens with one attached hydrogen (secondary N) is 1. The van der Waals surface area contributed by atoms with E-state index in [0.29, 0.717) is 6.04 Å². The molecule has 1 unspecified atom stereocenters. The van der Waals surface area contributed by atoms with Crippen LogP contribution in [0.15, 0.2) is 21.4 Å². The summed E-state index contributed by atoms with van der Waals surface area (Å²) >= 11 is 3.68. The number of fused-ring (bicyclic) bond motifs is 1. The van der Waals surface area contributed by atoms with E-state index >= 15 is 0 Å². The Kier molecular flexibility index (Phi) is 5.27. The van der Waals surface area contributed by atoms with Gasteiger partial charge in [-0.05, 0) is 30.7 Å². The topological polar surface area (TPSA) is 39.0 Å². The van der Waals surface area contributed by atoms with E-state index in [9.17, 15) is 4.79 Å². The summed E-state index contributed by atoms with van der Waals surface area (Å²) in [5.74, 6) is 0. The van der Waals surface area contributed by atoms with Crippen molar-refractivity contribution in [1.29, 1.82) is 0 Å². The molecule has 4 nitrogen and oxygen atoms in total. The van der Waals surface area contributed by atoms with Crippen molar-refractivity contribution >= 4 is 27.0 Å². The Labute approximate surface area is 134 Å². The summed E-state index contributed by atoms with van der Waals surface area (Å²) in [4.78, 5) is 12.1. The van der Waals surface area contributed by atoms with Gasteiger partial charge < -0.3 is 5.32 Å². The first-order valence-electron chi connectivity index (χ1n) is 7.59. The first-order valence-corrected chi connectivity index (χ1v) is 8.38. The SMILES string of the molecule is CCCCC(NCC)c1cc2c(cc1Br)n(C)c(=O)n2C. The highest BCUT2D eigenvalue weighted by atomic mass is 79.9. The van der Waals surface area contributed by atoms with Crippen LogP contribution in [0.1, 0.15) is 44.7 Å². The van der Waals surface area contributed by atoms with Crippen LogP contribution in [0.2, 0.25) is 0 Å². The maximum absolute atomic E-state index is 12.1. The van der Waals surface area contributed by atoms with Gasteiger partial charge in [-0.2, -0.15) is 0 Å². The summed E-state index contributed by atoms with van der Waals surface area (Å²) in [6, 6.07) is 4.52. The predicted octanol–water partition coefficient (Wildman–Crippen LogP) is 3.48. The average molecular weight is 354 g/mol. The standard InChI is InChI=1S/C16H24BrN3O/c1-5-7-8-13(18-6-2)11-9-14-15(10-12(11)17)20(4)16(21)19(14)3/h9-10,13,18H,5-8H2,1-4H3. The molecule has 0 aliphatic carbocycles. The molecule has 0 saturated heterocycles. The Bertz CT molecular complexity index is 687. The summed E-state index contributed by atoms with van der Waals surface area (Å²) < 4.78 is 4.48. The molecule has 21 heavy (non-hydrogen) atoms. The lowest BCUT2D eigenvalue weighted by Gasteiger charge is -2.20. The summed E-state index contributed by atoms with van der Waals surface area (Å²) in [7, 11) is 3.65.